The summed E-state index contributed by atoms with van der Waals surface area (Å²) in [5.41, 5.74) is 3.31. The number of hydrogen-bond acceptors (Lipinski definition) is 6. The fraction of sp³-hybridized carbons (Fsp3) is 0.379. The summed E-state index contributed by atoms with van der Waals surface area (Å²) in [6.45, 7) is 4.94. The van der Waals surface area contributed by atoms with Crippen LogP contribution in [0.25, 0.3) is 11.0 Å². The van der Waals surface area contributed by atoms with Gasteiger partial charge in [0, 0.05) is 38.2 Å². The lowest BCUT2D eigenvalue weighted by atomic mass is 9.77. The number of nitrogens with zero attached hydrogens (tertiary/aromatic N) is 4. The van der Waals surface area contributed by atoms with E-state index < -0.39 is 9.84 Å². The summed E-state index contributed by atoms with van der Waals surface area (Å²) in [4.78, 5) is 12.2. The van der Waals surface area contributed by atoms with Crippen LogP contribution in [0, 0.1) is 18.8 Å². The molecule has 0 unspecified atom stereocenters. The quantitative estimate of drug-likeness (QED) is 0.371. The van der Waals surface area contributed by atoms with E-state index in [2.05, 4.69) is 39.6 Å². The van der Waals surface area contributed by atoms with Gasteiger partial charge in [0.1, 0.15) is 11.9 Å². The predicted octanol–water partition coefficient (Wildman–Crippen LogP) is 4.67. The highest BCUT2D eigenvalue weighted by Gasteiger charge is 2.44. The van der Waals surface area contributed by atoms with Gasteiger partial charge in [-0.2, -0.15) is 0 Å². The van der Waals surface area contributed by atoms with Crippen molar-refractivity contribution in [3.63, 3.8) is 0 Å². The summed E-state index contributed by atoms with van der Waals surface area (Å²) < 4.78 is 32.6. The molecule has 0 spiro atoms. The van der Waals surface area contributed by atoms with Crippen LogP contribution in [0.5, 0.6) is 5.88 Å². The van der Waals surface area contributed by atoms with Gasteiger partial charge in [-0.1, -0.05) is 30.3 Å². The number of aryl methyl sites for hydroxylation is 1. The first-order valence-corrected chi connectivity index (χ1v) is 14.8. The third kappa shape index (κ3) is 4.88. The van der Waals surface area contributed by atoms with Crippen molar-refractivity contribution in [1.82, 2.24) is 19.4 Å². The van der Waals surface area contributed by atoms with Crippen molar-refractivity contribution in [3.8, 4) is 5.88 Å². The van der Waals surface area contributed by atoms with Crippen LogP contribution in [0.15, 0.2) is 77.8 Å². The molecule has 6 rings (SSSR count). The van der Waals surface area contributed by atoms with Gasteiger partial charge in [-0.05, 0) is 67.5 Å². The van der Waals surface area contributed by atoms with E-state index >= 15 is 0 Å². The average Bonchev–Trinajstić information content (AvgIpc) is 3.42. The maximum absolute atomic E-state index is 11.8. The second-order valence-electron chi connectivity index (χ2n) is 10.5. The number of hydrogen-bond donors (Lipinski definition) is 0. The molecule has 0 amide bonds. The lowest BCUT2D eigenvalue weighted by Gasteiger charge is -2.39. The van der Waals surface area contributed by atoms with E-state index in [4.69, 9.17) is 9.72 Å². The van der Waals surface area contributed by atoms with Gasteiger partial charge in [0.25, 0.3) is 0 Å². The fourth-order valence-electron chi connectivity index (χ4n) is 6.27. The second-order valence-corrected chi connectivity index (χ2v) is 12.5. The van der Waals surface area contributed by atoms with E-state index in [9.17, 15) is 8.42 Å². The lowest BCUT2D eigenvalue weighted by Crippen LogP contribution is -2.40. The molecule has 7 nitrogen and oxygen atoms in total. The molecule has 0 radical (unpaired) electrons. The van der Waals surface area contributed by atoms with Crippen LogP contribution in [0.3, 0.4) is 0 Å². The Morgan fingerprint density at radius 2 is 1.68 bits per heavy atom. The minimum Gasteiger partial charge on any atom is -0.472 e. The Morgan fingerprint density at radius 1 is 0.946 bits per heavy atom. The van der Waals surface area contributed by atoms with Crippen LogP contribution in [-0.4, -0.2) is 53.3 Å². The van der Waals surface area contributed by atoms with Gasteiger partial charge in [-0.15, -0.1) is 0 Å². The molecule has 4 atom stereocenters. The summed E-state index contributed by atoms with van der Waals surface area (Å²) in [7, 11) is -3.18. The molecule has 37 heavy (non-hydrogen) atoms. The molecule has 1 saturated heterocycles. The largest absolute Gasteiger partial charge is 0.472 e. The van der Waals surface area contributed by atoms with Gasteiger partial charge in [-0.25, -0.2) is 18.4 Å². The summed E-state index contributed by atoms with van der Waals surface area (Å²) in [6.07, 6.45) is 5.01. The zero-order chi connectivity index (χ0) is 25.6. The van der Waals surface area contributed by atoms with E-state index in [0.29, 0.717) is 22.6 Å². The monoisotopic (exact) mass is 516 g/mol. The highest BCUT2D eigenvalue weighted by atomic mass is 32.2. The third-order valence-electron chi connectivity index (χ3n) is 7.93. The molecule has 0 N–H and O–H groups in total. The number of rotatable bonds is 6. The molecule has 2 fully saturated rings. The molecule has 1 saturated carbocycles. The smallest absolute Gasteiger partial charge is 0.213 e. The lowest BCUT2D eigenvalue weighted by molar-refractivity contribution is 0.0522. The number of sulfone groups is 1. The van der Waals surface area contributed by atoms with E-state index in [-0.39, 0.29) is 12.1 Å². The van der Waals surface area contributed by atoms with E-state index in [1.165, 1.54) is 6.26 Å². The maximum Gasteiger partial charge on any atom is 0.213 e. The second kappa shape index (κ2) is 9.58. The van der Waals surface area contributed by atoms with E-state index in [0.717, 1.165) is 54.9 Å². The Labute approximate surface area is 218 Å². The number of likely N-dealkylation sites (tertiary alicyclic amines) is 1. The summed E-state index contributed by atoms with van der Waals surface area (Å²) >= 11 is 0. The van der Waals surface area contributed by atoms with Crippen LogP contribution < -0.4 is 4.74 Å². The Kier molecular flexibility index (Phi) is 6.24. The third-order valence-corrected chi connectivity index (χ3v) is 9.06. The summed E-state index contributed by atoms with van der Waals surface area (Å²) in [5.74, 6) is 2.78. The highest BCUT2D eigenvalue weighted by Crippen LogP contribution is 2.44. The van der Waals surface area contributed by atoms with E-state index in [1.807, 2.05) is 36.4 Å². The SMILES string of the molecule is Cc1nc2ccccc2n1[C@H]1C[C@H]2CN(Cc3ccc(S(C)(=O)=O)cc3)C[C@H]2C[C@@H]1Oc1ccccn1. The van der Waals surface area contributed by atoms with Gasteiger partial charge in [-0.3, -0.25) is 4.90 Å². The van der Waals surface area contributed by atoms with Crippen molar-refractivity contribution < 1.29 is 13.2 Å². The molecule has 8 heteroatoms. The van der Waals surface area contributed by atoms with Crippen molar-refractivity contribution >= 4 is 20.9 Å². The fourth-order valence-corrected chi connectivity index (χ4v) is 6.90. The summed E-state index contributed by atoms with van der Waals surface area (Å²) in [6, 6.07) is 21.6. The van der Waals surface area contributed by atoms with Crippen molar-refractivity contribution in [1.29, 1.82) is 0 Å². The molecule has 192 valence electrons. The van der Waals surface area contributed by atoms with E-state index in [1.54, 1.807) is 18.3 Å². The van der Waals surface area contributed by atoms with Gasteiger partial charge in [0.2, 0.25) is 5.88 Å². The van der Waals surface area contributed by atoms with Crippen molar-refractivity contribution in [2.45, 2.75) is 43.4 Å². The molecule has 2 aromatic heterocycles. The molecule has 0 bridgehead atoms. The standard InChI is InChI=1S/C29H32N4O3S/c1-20-31-25-7-3-4-8-26(25)33(20)27-15-22-18-32(17-21-10-12-24(13-11-21)37(2,34)35)19-23(22)16-28(27)36-29-9-5-6-14-30-29/h3-14,22-23,27-28H,15-19H2,1-2H3/t22-,23+,27-,28-/m0/s1. The van der Waals surface area contributed by atoms with Crippen molar-refractivity contribution in [2.24, 2.45) is 11.8 Å². The van der Waals surface area contributed by atoms with Gasteiger partial charge in [0.15, 0.2) is 9.84 Å². The average molecular weight is 517 g/mol. The van der Waals surface area contributed by atoms with Crippen LogP contribution >= 0.6 is 0 Å². The Balaban J connectivity index is 1.25. The molecule has 2 aromatic carbocycles. The summed E-state index contributed by atoms with van der Waals surface area (Å²) in [5, 5.41) is 0. The van der Waals surface area contributed by atoms with Crippen LogP contribution in [0.2, 0.25) is 0 Å². The number of benzene rings is 2. The molecule has 1 aliphatic carbocycles. The Morgan fingerprint density at radius 3 is 2.41 bits per heavy atom. The molecular weight excluding hydrogens is 484 g/mol. The molecule has 1 aliphatic heterocycles. The number of aromatic nitrogens is 3. The number of fused-ring (bicyclic) bond motifs is 2. The van der Waals surface area contributed by atoms with Crippen molar-refractivity contribution in [3.05, 3.63) is 84.3 Å². The molecule has 3 heterocycles. The zero-order valence-electron chi connectivity index (χ0n) is 21.2. The Bertz CT molecular complexity index is 1500. The van der Waals surface area contributed by atoms with Gasteiger partial charge in [0.05, 0.1) is 22.0 Å². The van der Waals surface area contributed by atoms with Crippen LogP contribution in [0.4, 0.5) is 0 Å². The first-order chi connectivity index (χ1) is 17.8. The number of para-hydroxylation sites is 2. The van der Waals surface area contributed by atoms with Gasteiger partial charge >= 0.3 is 0 Å². The molecule has 4 aromatic rings. The first kappa shape index (κ1) is 24.1. The number of pyridine rings is 1. The number of ether oxygens (including phenoxy) is 1. The topological polar surface area (TPSA) is 77.3 Å². The van der Waals surface area contributed by atoms with Crippen LogP contribution in [-0.2, 0) is 16.4 Å². The minimum atomic E-state index is -3.18. The first-order valence-electron chi connectivity index (χ1n) is 12.9. The maximum atomic E-state index is 11.8. The number of imidazole rings is 1. The van der Waals surface area contributed by atoms with Gasteiger partial charge < -0.3 is 9.30 Å². The molecule has 2 aliphatic rings. The zero-order valence-corrected chi connectivity index (χ0v) is 22.0. The van der Waals surface area contributed by atoms with Crippen LogP contribution in [0.1, 0.15) is 30.3 Å². The Hall–Kier alpha value is -3.23. The normalized spacial score (nSPS) is 24.3. The predicted molar refractivity (Wildman–Crippen MR) is 143 cm³/mol. The molecular formula is C29H32N4O3S. The van der Waals surface area contributed by atoms with Crippen molar-refractivity contribution in [2.75, 3.05) is 19.3 Å². The highest BCUT2D eigenvalue weighted by molar-refractivity contribution is 7.90. The minimum absolute atomic E-state index is 0.00134.